The molecule has 0 N–H and O–H groups in total. The Kier molecular flexibility index (Phi) is 4.89. The number of benzene rings is 1. The molecule has 0 aliphatic heterocycles. The minimum absolute atomic E-state index is 0.584. The molecule has 1 rings (SSSR count). The lowest BCUT2D eigenvalue weighted by Gasteiger charge is -2.12. The lowest BCUT2D eigenvalue weighted by Crippen LogP contribution is -1.94. The van der Waals surface area contributed by atoms with Crippen LogP contribution in [0.25, 0.3) is 5.57 Å². The van der Waals surface area contributed by atoms with Crippen LogP contribution in [0.4, 0.5) is 4.39 Å². The number of hydrogen-bond donors (Lipinski definition) is 0. The fraction of sp³-hybridized carbons (Fsp3) is 0.250. The quantitative estimate of drug-likeness (QED) is 0.638. The van der Waals surface area contributed by atoms with E-state index in [2.05, 4.69) is 19.6 Å². The van der Waals surface area contributed by atoms with Gasteiger partial charge in [-0.2, -0.15) is 0 Å². The van der Waals surface area contributed by atoms with Crippen LogP contribution in [-0.2, 0) is 6.42 Å². The highest BCUT2D eigenvalue weighted by atomic mass is 19.1. The minimum atomic E-state index is 0.584. The van der Waals surface area contributed by atoms with Crippen LogP contribution in [0.2, 0.25) is 0 Å². The molecule has 0 nitrogen and oxygen atoms in total. The maximum atomic E-state index is 12.5. The minimum Gasteiger partial charge on any atom is -0.216 e. The molecule has 0 aliphatic rings. The van der Waals surface area contributed by atoms with Gasteiger partial charge < -0.3 is 0 Å². The molecular formula is C16H19F. The molecular weight excluding hydrogens is 211 g/mol. The van der Waals surface area contributed by atoms with E-state index in [9.17, 15) is 4.39 Å². The van der Waals surface area contributed by atoms with Gasteiger partial charge in [0.25, 0.3) is 0 Å². The Morgan fingerprint density at radius 1 is 1.41 bits per heavy atom. The molecule has 0 fully saturated rings. The highest BCUT2D eigenvalue weighted by Crippen LogP contribution is 2.26. The molecule has 0 unspecified atom stereocenters. The SMILES string of the molecule is C=C(C)/C=C(\C=CF)c1c(C)cccc1CC. The maximum Gasteiger partial charge on any atom is 0.0873 e. The van der Waals surface area contributed by atoms with E-state index in [0.29, 0.717) is 6.33 Å². The van der Waals surface area contributed by atoms with Crippen LogP contribution in [-0.4, -0.2) is 0 Å². The van der Waals surface area contributed by atoms with Crippen molar-refractivity contribution in [2.24, 2.45) is 0 Å². The molecule has 0 aliphatic carbocycles. The van der Waals surface area contributed by atoms with Crippen LogP contribution in [0.15, 0.2) is 48.8 Å². The van der Waals surface area contributed by atoms with Crippen LogP contribution in [0.1, 0.15) is 30.5 Å². The standard InChI is InChI=1S/C16H19F/c1-5-14-8-6-7-13(4)16(14)15(9-10-17)11-12(2)3/h6-11H,2,5H2,1,3-4H3/b10-9?,15-11+. The van der Waals surface area contributed by atoms with Crippen molar-refractivity contribution < 1.29 is 4.39 Å². The van der Waals surface area contributed by atoms with Crippen molar-refractivity contribution in [3.63, 3.8) is 0 Å². The molecule has 1 aromatic carbocycles. The second-order valence-corrected chi connectivity index (χ2v) is 4.20. The predicted octanol–water partition coefficient (Wildman–Crippen LogP) is 5.00. The number of allylic oxidation sites excluding steroid dienone is 4. The second kappa shape index (κ2) is 6.19. The van der Waals surface area contributed by atoms with Crippen molar-refractivity contribution in [1.82, 2.24) is 0 Å². The van der Waals surface area contributed by atoms with Crippen molar-refractivity contribution in [2.75, 3.05) is 0 Å². The summed E-state index contributed by atoms with van der Waals surface area (Å²) in [5.41, 5.74) is 5.32. The van der Waals surface area contributed by atoms with Gasteiger partial charge in [-0.25, -0.2) is 4.39 Å². The van der Waals surface area contributed by atoms with Gasteiger partial charge in [-0.05, 0) is 48.6 Å². The van der Waals surface area contributed by atoms with Crippen LogP contribution < -0.4 is 0 Å². The first-order chi connectivity index (χ1) is 8.10. The van der Waals surface area contributed by atoms with Crippen molar-refractivity contribution in [3.05, 3.63) is 65.5 Å². The summed E-state index contributed by atoms with van der Waals surface area (Å²) in [6.45, 7) is 9.92. The average Bonchev–Trinajstić information content (AvgIpc) is 2.27. The molecule has 0 atom stereocenters. The number of hydrogen-bond acceptors (Lipinski definition) is 0. The smallest absolute Gasteiger partial charge is 0.0873 e. The van der Waals surface area contributed by atoms with E-state index in [1.165, 1.54) is 11.6 Å². The molecule has 0 heterocycles. The van der Waals surface area contributed by atoms with Crippen molar-refractivity contribution in [1.29, 1.82) is 0 Å². The summed E-state index contributed by atoms with van der Waals surface area (Å²) in [6, 6.07) is 6.17. The molecule has 0 amide bonds. The van der Waals surface area contributed by atoms with E-state index in [0.717, 1.165) is 28.7 Å². The lowest BCUT2D eigenvalue weighted by molar-refractivity contribution is 0.722. The van der Waals surface area contributed by atoms with Gasteiger partial charge in [-0.1, -0.05) is 43.4 Å². The third-order valence-electron chi connectivity index (χ3n) is 2.67. The summed E-state index contributed by atoms with van der Waals surface area (Å²) in [7, 11) is 0. The van der Waals surface area contributed by atoms with Gasteiger partial charge in [0, 0.05) is 0 Å². The summed E-state index contributed by atoms with van der Waals surface area (Å²) in [4.78, 5) is 0. The summed E-state index contributed by atoms with van der Waals surface area (Å²) < 4.78 is 12.5. The van der Waals surface area contributed by atoms with E-state index in [1.54, 1.807) is 0 Å². The summed E-state index contributed by atoms with van der Waals surface area (Å²) in [6.07, 6.45) is 4.93. The number of rotatable bonds is 4. The Balaban J connectivity index is 3.42. The Labute approximate surface area is 103 Å². The third-order valence-corrected chi connectivity index (χ3v) is 2.67. The van der Waals surface area contributed by atoms with Gasteiger partial charge in [-0.15, -0.1) is 0 Å². The van der Waals surface area contributed by atoms with Crippen LogP contribution in [0.3, 0.4) is 0 Å². The van der Waals surface area contributed by atoms with E-state index >= 15 is 0 Å². The van der Waals surface area contributed by atoms with Gasteiger partial charge >= 0.3 is 0 Å². The summed E-state index contributed by atoms with van der Waals surface area (Å²) >= 11 is 0. The summed E-state index contributed by atoms with van der Waals surface area (Å²) in [5, 5.41) is 0. The highest BCUT2D eigenvalue weighted by Gasteiger charge is 2.07. The second-order valence-electron chi connectivity index (χ2n) is 4.20. The third kappa shape index (κ3) is 3.42. The monoisotopic (exact) mass is 230 g/mol. The average molecular weight is 230 g/mol. The molecule has 0 aromatic heterocycles. The van der Waals surface area contributed by atoms with Gasteiger partial charge in [0.2, 0.25) is 0 Å². The highest BCUT2D eigenvalue weighted by molar-refractivity contribution is 5.79. The first-order valence-corrected chi connectivity index (χ1v) is 5.83. The normalized spacial score (nSPS) is 12.1. The zero-order valence-corrected chi connectivity index (χ0v) is 10.8. The van der Waals surface area contributed by atoms with Crippen molar-refractivity contribution in [2.45, 2.75) is 27.2 Å². The molecule has 0 radical (unpaired) electrons. The zero-order valence-electron chi connectivity index (χ0n) is 10.8. The maximum absolute atomic E-state index is 12.5. The number of aryl methyl sites for hydroxylation is 2. The molecule has 1 aromatic rings. The first-order valence-electron chi connectivity index (χ1n) is 5.83. The Hall–Kier alpha value is -1.63. The van der Waals surface area contributed by atoms with E-state index in [-0.39, 0.29) is 0 Å². The predicted molar refractivity (Wildman–Crippen MR) is 73.6 cm³/mol. The molecule has 0 bridgehead atoms. The Morgan fingerprint density at radius 3 is 2.65 bits per heavy atom. The number of halogens is 1. The van der Waals surface area contributed by atoms with Crippen molar-refractivity contribution >= 4 is 5.57 Å². The Bertz CT molecular complexity index is 464. The lowest BCUT2D eigenvalue weighted by atomic mass is 9.92. The van der Waals surface area contributed by atoms with Gasteiger partial charge in [-0.3, -0.25) is 0 Å². The van der Waals surface area contributed by atoms with Crippen LogP contribution in [0.5, 0.6) is 0 Å². The molecule has 90 valence electrons. The largest absolute Gasteiger partial charge is 0.216 e. The van der Waals surface area contributed by atoms with Gasteiger partial charge in [0.15, 0.2) is 0 Å². The van der Waals surface area contributed by atoms with E-state index in [1.807, 2.05) is 32.1 Å². The van der Waals surface area contributed by atoms with Crippen LogP contribution in [0, 0.1) is 6.92 Å². The fourth-order valence-electron chi connectivity index (χ4n) is 1.97. The summed E-state index contributed by atoms with van der Waals surface area (Å²) in [5.74, 6) is 0. The fourth-order valence-corrected chi connectivity index (χ4v) is 1.97. The Morgan fingerprint density at radius 2 is 2.12 bits per heavy atom. The van der Waals surface area contributed by atoms with E-state index < -0.39 is 0 Å². The van der Waals surface area contributed by atoms with Crippen LogP contribution >= 0.6 is 0 Å². The molecule has 17 heavy (non-hydrogen) atoms. The first kappa shape index (κ1) is 13.4. The molecule has 0 saturated heterocycles. The molecule has 0 saturated carbocycles. The van der Waals surface area contributed by atoms with Gasteiger partial charge in [0.1, 0.15) is 0 Å². The topological polar surface area (TPSA) is 0 Å². The molecule has 0 spiro atoms. The zero-order chi connectivity index (χ0) is 12.8. The van der Waals surface area contributed by atoms with E-state index in [4.69, 9.17) is 0 Å². The van der Waals surface area contributed by atoms with Gasteiger partial charge in [0.05, 0.1) is 6.33 Å². The van der Waals surface area contributed by atoms with Crippen molar-refractivity contribution in [3.8, 4) is 0 Å². The molecule has 1 heteroatoms.